The van der Waals surface area contributed by atoms with Crippen LogP contribution < -0.4 is 16.5 Å². The van der Waals surface area contributed by atoms with Gasteiger partial charge in [0.15, 0.2) is 5.69 Å². The van der Waals surface area contributed by atoms with Crippen molar-refractivity contribution in [3.05, 3.63) is 58.0 Å². The number of amides is 1. The highest BCUT2D eigenvalue weighted by molar-refractivity contribution is 5.92. The Labute approximate surface area is 122 Å². The SMILES string of the molecule is Cc1cc(=O)c(C(=O)N[C@@H](C)CN)nn1-c1ccccc1. The lowest BCUT2D eigenvalue weighted by molar-refractivity contribution is 0.0933. The van der Waals surface area contributed by atoms with Gasteiger partial charge in [0.2, 0.25) is 5.43 Å². The molecule has 0 saturated carbocycles. The highest BCUT2D eigenvalue weighted by atomic mass is 16.2. The molecule has 1 atom stereocenters. The molecule has 6 heteroatoms. The van der Waals surface area contributed by atoms with Gasteiger partial charge in [0.1, 0.15) is 0 Å². The van der Waals surface area contributed by atoms with Crippen molar-refractivity contribution < 1.29 is 4.79 Å². The summed E-state index contributed by atoms with van der Waals surface area (Å²) in [6.07, 6.45) is 0. The molecule has 1 heterocycles. The normalized spacial score (nSPS) is 12.0. The van der Waals surface area contributed by atoms with Crippen molar-refractivity contribution >= 4 is 5.91 Å². The smallest absolute Gasteiger partial charge is 0.276 e. The number of carbonyl (C=O) groups is 1. The Hall–Kier alpha value is -2.47. The fourth-order valence-electron chi connectivity index (χ4n) is 1.89. The van der Waals surface area contributed by atoms with E-state index in [1.54, 1.807) is 18.5 Å². The van der Waals surface area contributed by atoms with Crippen LogP contribution in [0.2, 0.25) is 0 Å². The lowest BCUT2D eigenvalue weighted by Gasteiger charge is -2.13. The molecule has 2 rings (SSSR count). The number of benzene rings is 1. The molecule has 0 unspecified atom stereocenters. The highest BCUT2D eigenvalue weighted by Gasteiger charge is 2.16. The first-order valence-electron chi connectivity index (χ1n) is 6.70. The van der Waals surface area contributed by atoms with Crippen LogP contribution in [0, 0.1) is 6.92 Å². The first-order chi connectivity index (χ1) is 10.0. The molecule has 0 aliphatic heterocycles. The number of nitrogens with one attached hydrogen (secondary N) is 1. The maximum absolute atomic E-state index is 12.1. The average molecular weight is 286 g/mol. The Kier molecular flexibility index (Phi) is 4.49. The summed E-state index contributed by atoms with van der Waals surface area (Å²) in [4.78, 5) is 24.1. The molecule has 0 saturated heterocycles. The van der Waals surface area contributed by atoms with Gasteiger partial charge in [0, 0.05) is 24.3 Å². The summed E-state index contributed by atoms with van der Waals surface area (Å²) >= 11 is 0. The van der Waals surface area contributed by atoms with Crippen LogP contribution in [-0.2, 0) is 0 Å². The molecule has 0 aliphatic rings. The minimum Gasteiger partial charge on any atom is -0.347 e. The molecule has 1 aromatic heterocycles. The van der Waals surface area contributed by atoms with Gasteiger partial charge in [-0.25, -0.2) is 4.68 Å². The summed E-state index contributed by atoms with van der Waals surface area (Å²) in [5, 5.41) is 6.83. The van der Waals surface area contributed by atoms with E-state index in [-0.39, 0.29) is 11.7 Å². The zero-order chi connectivity index (χ0) is 15.4. The van der Waals surface area contributed by atoms with Crippen LogP contribution in [-0.4, -0.2) is 28.3 Å². The predicted molar refractivity (Wildman–Crippen MR) is 80.6 cm³/mol. The predicted octanol–water partition coefficient (Wildman–Crippen LogP) is 0.618. The molecule has 2 aromatic rings. The van der Waals surface area contributed by atoms with Gasteiger partial charge < -0.3 is 11.1 Å². The van der Waals surface area contributed by atoms with Gasteiger partial charge in [-0.1, -0.05) is 18.2 Å². The largest absolute Gasteiger partial charge is 0.347 e. The van der Waals surface area contributed by atoms with E-state index in [2.05, 4.69) is 10.4 Å². The van der Waals surface area contributed by atoms with E-state index in [0.29, 0.717) is 12.2 Å². The van der Waals surface area contributed by atoms with Crippen molar-refractivity contribution in [1.29, 1.82) is 0 Å². The van der Waals surface area contributed by atoms with Crippen molar-refractivity contribution in [2.45, 2.75) is 19.9 Å². The van der Waals surface area contributed by atoms with E-state index in [9.17, 15) is 9.59 Å². The standard InChI is InChI=1S/C15H18N4O2/c1-10(9-16)17-15(21)14-13(20)8-11(2)19(18-14)12-6-4-3-5-7-12/h3-8,10H,9,16H2,1-2H3,(H,17,21)/t10-/m0/s1. The van der Waals surface area contributed by atoms with E-state index in [1.807, 2.05) is 30.3 Å². The molecule has 0 aliphatic carbocycles. The third kappa shape index (κ3) is 3.35. The van der Waals surface area contributed by atoms with E-state index < -0.39 is 11.3 Å². The maximum Gasteiger partial charge on any atom is 0.276 e. The summed E-state index contributed by atoms with van der Waals surface area (Å²) in [6, 6.07) is 10.5. The van der Waals surface area contributed by atoms with E-state index in [4.69, 9.17) is 5.73 Å². The van der Waals surface area contributed by atoms with Crippen LogP contribution in [0.1, 0.15) is 23.1 Å². The van der Waals surface area contributed by atoms with Crippen LogP contribution in [0.25, 0.3) is 5.69 Å². The highest BCUT2D eigenvalue weighted by Crippen LogP contribution is 2.07. The number of carbonyl (C=O) groups excluding carboxylic acids is 1. The van der Waals surface area contributed by atoms with Crippen LogP contribution in [0.3, 0.4) is 0 Å². The minimum atomic E-state index is -0.511. The molecular weight excluding hydrogens is 268 g/mol. The lowest BCUT2D eigenvalue weighted by atomic mass is 10.2. The van der Waals surface area contributed by atoms with Crippen molar-refractivity contribution in [3.63, 3.8) is 0 Å². The minimum absolute atomic E-state index is 0.134. The summed E-state index contributed by atoms with van der Waals surface area (Å²) in [5.41, 5.74) is 6.38. The maximum atomic E-state index is 12.1. The Morgan fingerprint density at radius 3 is 2.67 bits per heavy atom. The second-order valence-corrected chi connectivity index (χ2v) is 4.86. The molecular formula is C15H18N4O2. The third-order valence-electron chi connectivity index (χ3n) is 3.05. The summed E-state index contributed by atoms with van der Waals surface area (Å²) < 4.78 is 1.57. The number of nitrogens with zero attached hydrogens (tertiary/aromatic N) is 2. The Morgan fingerprint density at radius 1 is 1.38 bits per heavy atom. The first kappa shape index (κ1) is 14.9. The summed E-state index contributed by atoms with van der Waals surface area (Å²) in [7, 11) is 0. The number of hydrogen-bond acceptors (Lipinski definition) is 4. The molecule has 1 aromatic carbocycles. The molecule has 0 radical (unpaired) electrons. The van der Waals surface area contributed by atoms with Crippen molar-refractivity contribution in [1.82, 2.24) is 15.1 Å². The average Bonchev–Trinajstić information content (AvgIpc) is 2.47. The topological polar surface area (TPSA) is 90.0 Å². The summed E-state index contributed by atoms with van der Waals surface area (Å²) in [6.45, 7) is 3.83. The molecule has 1 amide bonds. The fourth-order valence-corrected chi connectivity index (χ4v) is 1.89. The molecule has 0 bridgehead atoms. The number of nitrogens with two attached hydrogens (primary N) is 1. The molecule has 110 valence electrons. The quantitative estimate of drug-likeness (QED) is 0.862. The number of hydrogen-bond donors (Lipinski definition) is 2. The monoisotopic (exact) mass is 286 g/mol. The van der Waals surface area contributed by atoms with Crippen LogP contribution in [0.5, 0.6) is 0 Å². The van der Waals surface area contributed by atoms with Crippen molar-refractivity contribution in [2.75, 3.05) is 6.54 Å². The third-order valence-corrected chi connectivity index (χ3v) is 3.05. The van der Waals surface area contributed by atoms with E-state index >= 15 is 0 Å². The zero-order valence-corrected chi connectivity index (χ0v) is 12.0. The van der Waals surface area contributed by atoms with Gasteiger partial charge in [-0.05, 0) is 26.0 Å². The Balaban J connectivity index is 2.44. The van der Waals surface area contributed by atoms with Crippen LogP contribution in [0.15, 0.2) is 41.2 Å². The second kappa shape index (κ2) is 6.32. The number of para-hydroxylation sites is 1. The second-order valence-electron chi connectivity index (χ2n) is 4.86. The number of aromatic nitrogens is 2. The van der Waals surface area contributed by atoms with Gasteiger partial charge in [-0.2, -0.15) is 5.10 Å². The van der Waals surface area contributed by atoms with Crippen LogP contribution >= 0.6 is 0 Å². The van der Waals surface area contributed by atoms with Crippen molar-refractivity contribution in [3.8, 4) is 5.69 Å². The van der Waals surface area contributed by atoms with E-state index in [1.165, 1.54) is 6.07 Å². The molecule has 21 heavy (non-hydrogen) atoms. The molecule has 3 N–H and O–H groups in total. The van der Waals surface area contributed by atoms with Gasteiger partial charge in [0.05, 0.1) is 5.69 Å². The van der Waals surface area contributed by atoms with Gasteiger partial charge in [0.25, 0.3) is 5.91 Å². The Morgan fingerprint density at radius 2 is 2.05 bits per heavy atom. The number of rotatable bonds is 4. The van der Waals surface area contributed by atoms with Gasteiger partial charge in [-0.15, -0.1) is 0 Å². The summed E-state index contributed by atoms with van der Waals surface area (Å²) in [5.74, 6) is -0.511. The van der Waals surface area contributed by atoms with Gasteiger partial charge >= 0.3 is 0 Å². The first-order valence-corrected chi connectivity index (χ1v) is 6.70. The van der Waals surface area contributed by atoms with Crippen molar-refractivity contribution in [2.24, 2.45) is 5.73 Å². The molecule has 6 nitrogen and oxygen atoms in total. The number of aryl methyl sites for hydroxylation is 1. The molecule has 0 fully saturated rings. The lowest BCUT2D eigenvalue weighted by Crippen LogP contribution is -2.40. The van der Waals surface area contributed by atoms with E-state index in [0.717, 1.165) is 5.69 Å². The fraction of sp³-hybridized carbons (Fsp3) is 0.267. The van der Waals surface area contributed by atoms with Crippen LogP contribution in [0.4, 0.5) is 0 Å². The van der Waals surface area contributed by atoms with Gasteiger partial charge in [-0.3, -0.25) is 9.59 Å². The molecule has 0 spiro atoms. The Bertz CT molecular complexity index is 695. The zero-order valence-electron chi connectivity index (χ0n) is 12.0.